The fourth-order valence-corrected chi connectivity index (χ4v) is 6.84. The van der Waals surface area contributed by atoms with Crippen LogP contribution in [0.25, 0.3) is 0 Å². The van der Waals surface area contributed by atoms with Crippen LogP contribution in [0.2, 0.25) is 0 Å². The van der Waals surface area contributed by atoms with Gasteiger partial charge in [-0.25, -0.2) is 0 Å². The van der Waals surface area contributed by atoms with Gasteiger partial charge in [0.15, 0.2) is 11.6 Å². The molecule has 252 valence electrons. The van der Waals surface area contributed by atoms with Crippen molar-refractivity contribution in [2.24, 2.45) is 17.8 Å². The molecule has 0 fully saturated rings. The van der Waals surface area contributed by atoms with Crippen LogP contribution in [-0.4, -0.2) is 41.1 Å². The number of phenols is 3. The molecule has 46 heavy (non-hydrogen) atoms. The molecule has 0 unspecified atom stereocenters. The average Bonchev–Trinajstić information content (AvgIpc) is 2.94. The Bertz CT molecular complexity index is 1550. The molecule has 3 rings (SSSR count). The predicted octanol–water partition coefficient (Wildman–Crippen LogP) is 8.78. The SMILES string of the molecule is COc1c(CC=C(C)C)c(O)c([C@H]2Oc3c(CC=C(C)C)c(OC)c(C(C)=O)c(O)c3[C@@H](CC(C)C)[C@@H]2C(C)C)c(O)c1C(C)=O. The van der Waals surface area contributed by atoms with Crippen LogP contribution in [0.1, 0.15) is 131 Å². The Hall–Kier alpha value is -3.94. The number of phenolic OH excluding ortho intramolecular Hbond substituents is 3. The van der Waals surface area contributed by atoms with Gasteiger partial charge in [-0.05, 0) is 78.6 Å². The first-order valence-electron chi connectivity index (χ1n) is 16.0. The van der Waals surface area contributed by atoms with E-state index in [0.717, 1.165) is 11.1 Å². The molecule has 2 aromatic carbocycles. The van der Waals surface area contributed by atoms with Crippen LogP contribution in [0, 0.1) is 17.8 Å². The predicted molar refractivity (Wildman–Crippen MR) is 181 cm³/mol. The number of hydrogen-bond acceptors (Lipinski definition) is 8. The Morgan fingerprint density at radius 3 is 1.61 bits per heavy atom. The number of carbonyl (C=O) groups excluding carboxylic acids is 2. The lowest BCUT2D eigenvalue weighted by atomic mass is 9.67. The van der Waals surface area contributed by atoms with Crippen LogP contribution in [0.3, 0.4) is 0 Å². The molecule has 0 aromatic heterocycles. The van der Waals surface area contributed by atoms with Crippen molar-refractivity contribution in [3.05, 3.63) is 56.7 Å². The zero-order chi connectivity index (χ0) is 34.8. The minimum atomic E-state index is -0.927. The lowest BCUT2D eigenvalue weighted by Gasteiger charge is -2.44. The Morgan fingerprint density at radius 1 is 0.739 bits per heavy atom. The van der Waals surface area contributed by atoms with Gasteiger partial charge in [0.05, 0.1) is 19.8 Å². The third-order valence-corrected chi connectivity index (χ3v) is 8.80. The molecule has 0 saturated carbocycles. The molecule has 1 aliphatic heterocycles. The number of aromatic hydroxyl groups is 3. The zero-order valence-corrected chi connectivity index (χ0v) is 29.5. The van der Waals surface area contributed by atoms with Crippen molar-refractivity contribution in [3.63, 3.8) is 0 Å². The van der Waals surface area contributed by atoms with Gasteiger partial charge < -0.3 is 29.5 Å². The molecular formula is C38H52O8. The molecule has 8 nitrogen and oxygen atoms in total. The summed E-state index contributed by atoms with van der Waals surface area (Å²) in [5, 5.41) is 35.7. The number of fused-ring (bicyclic) bond motifs is 1. The molecule has 0 bridgehead atoms. The van der Waals surface area contributed by atoms with Crippen molar-refractivity contribution < 1.29 is 39.1 Å². The van der Waals surface area contributed by atoms with Crippen molar-refractivity contribution in [1.82, 2.24) is 0 Å². The minimum absolute atomic E-state index is 0.0260. The third-order valence-electron chi connectivity index (χ3n) is 8.80. The van der Waals surface area contributed by atoms with Crippen LogP contribution in [0.4, 0.5) is 0 Å². The Kier molecular flexibility index (Phi) is 11.6. The lowest BCUT2D eigenvalue weighted by molar-refractivity contribution is 0.0497. The first-order valence-corrected chi connectivity index (χ1v) is 16.0. The molecule has 1 heterocycles. The van der Waals surface area contributed by atoms with E-state index in [1.807, 2.05) is 53.7 Å². The highest BCUT2D eigenvalue weighted by Crippen LogP contribution is 2.61. The monoisotopic (exact) mass is 636 g/mol. The highest BCUT2D eigenvalue weighted by Gasteiger charge is 2.48. The first kappa shape index (κ1) is 36.5. The maximum atomic E-state index is 13.1. The van der Waals surface area contributed by atoms with Gasteiger partial charge >= 0.3 is 0 Å². The number of benzene rings is 2. The highest BCUT2D eigenvalue weighted by atomic mass is 16.5. The summed E-state index contributed by atoms with van der Waals surface area (Å²) in [6.07, 6.45) is 4.23. The standard InChI is InChI=1S/C38H52O8/c1-18(2)13-15-24-32(41)31(34(43)29(23(10)40)35(24)44-11)38-27(21(7)8)26(17-20(5)6)30-33(42)28(22(9)39)36(45-12)25(37(30)46-38)16-14-19(3)4/h13-14,20-21,26-27,38,41-43H,15-17H2,1-12H3/t26-,27-,38-/m0/s1. The fraction of sp³-hybridized carbons (Fsp3) is 0.526. The topological polar surface area (TPSA) is 123 Å². The molecule has 0 aliphatic carbocycles. The van der Waals surface area contributed by atoms with Crippen LogP contribution in [0.5, 0.6) is 34.5 Å². The summed E-state index contributed by atoms with van der Waals surface area (Å²) >= 11 is 0. The van der Waals surface area contributed by atoms with E-state index in [4.69, 9.17) is 14.2 Å². The van der Waals surface area contributed by atoms with Crippen molar-refractivity contribution in [2.45, 2.75) is 101 Å². The van der Waals surface area contributed by atoms with E-state index < -0.39 is 17.6 Å². The zero-order valence-electron chi connectivity index (χ0n) is 29.5. The van der Waals surface area contributed by atoms with Gasteiger partial charge in [0.2, 0.25) is 0 Å². The largest absolute Gasteiger partial charge is 0.507 e. The fourth-order valence-electron chi connectivity index (χ4n) is 6.84. The molecule has 8 heteroatoms. The average molecular weight is 637 g/mol. The number of methoxy groups -OCH3 is 2. The van der Waals surface area contributed by atoms with Crippen LogP contribution in [0.15, 0.2) is 23.3 Å². The molecule has 0 spiro atoms. The van der Waals surface area contributed by atoms with E-state index in [2.05, 4.69) is 13.8 Å². The number of hydrogen-bond donors (Lipinski definition) is 3. The van der Waals surface area contributed by atoms with E-state index >= 15 is 0 Å². The summed E-state index contributed by atoms with van der Waals surface area (Å²) in [4.78, 5) is 26.1. The van der Waals surface area contributed by atoms with E-state index in [9.17, 15) is 24.9 Å². The molecule has 0 saturated heterocycles. The van der Waals surface area contributed by atoms with E-state index in [0.29, 0.717) is 35.3 Å². The number of ether oxygens (including phenoxy) is 3. The number of ketones is 2. The number of allylic oxidation sites excluding steroid dienone is 4. The van der Waals surface area contributed by atoms with E-state index in [-0.39, 0.29) is 75.6 Å². The second kappa shape index (κ2) is 14.7. The first-order chi connectivity index (χ1) is 21.5. The van der Waals surface area contributed by atoms with Gasteiger partial charge in [0, 0.05) is 22.6 Å². The van der Waals surface area contributed by atoms with E-state index in [1.54, 1.807) is 0 Å². The van der Waals surface area contributed by atoms with Crippen LogP contribution in [-0.2, 0) is 12.8 Å². The second-order valence-corrected chi connectivity index (χ2v) is 13.7. The van der Waals surface area contributed by atoms with Crippen molar-refractivity contribution in [2.75, 3.05) is 14.2 Å². The summed E-state index contributed by atoms with van der Waals surface area (Å²) < 4.78 is 18.3. The number of Topliss-reactive ketones (excluding diaryl/α,β-unsaturated/α-hetero) is 2. The smallest absolute Gasteiger partial charge is 0.167 e. The summed E-state index contributed by atoms with van der Waals surface area (Å²) in [5.74, 6) is -1.44. The van der Waals surface area contributed by atoms with Gasteiger partial charge in [0.1, 0.15) is 51.7 Å². The molecular weight excluding hydrogens is 584 g/mol. The molecule has 2 aromatic rings. The normalized spacial score (nSPS) is 17.3. The van der Waals surface area contributed by atoms with E-state index in [1.165, 1.54) is 28.1 Å². The Labute approximate surface area is 274 Å². The third kappa shape index (κ3) is 6.91. The van der Waals surface area contributed by atoms with Gasteiger partial charge in [-0.3, -0.25) is 9.59 Å². The van der Waals surface area contributed by atoms with Crippen molar-refractivity contribution in [1.29, 1.82) is 0 Å². The van der Waals surface area contributed by atoms with Gasteiger partial charge in [-0.15, -0.1) is 0 Å². The summed E-state index contributed by atoms with van der Waals surface area (Å²) in [6.45, 7) is 18.8. The molecule has 1 aliphatic rings. The van der Waals surface area contributed by atoms with Crippen LogP contribution >= 0.6 is 0 Å². The molecule has 3 atom stereocenters. The van der Waals surface area contributed by atoms with Gasteiger partial charge in [0.25, 0.3) is 0 Å². The molecule has 3 N–H and O–H groups in total. The minimum Gasteiger partial charge on any atom is -0.507 e. The maximum absolute atomic E-state index is 13.1. The summed E-state index contributed by atoms with van der Waals surface area (Å²) in [5.41, 5.74) is 3.71. The maximum Gasteiger partial charge on any atom is 0.167 e. The highest BCUT2D eigenvalue weighted by molar-refractivity contribution is 6.02. The lowest BCUT2D eigenvalue weighted by Crippen LogP contribution is -2.35. The van der Waals surface area contributed by atoms with Crippen molar-refractivity contribution in [3.8, 4) is 34.5 Å². The summed E-state index contributed by atoms with van der Waals surface area (Å²) in [7, 11) is 2.87. The van der Waals surface area contributed by atoms with Crippen molar-refractivity contribution >= 4 is 11.6 Å². The second-order valence-electron chi connectivity index (χ2n) is 13.7. The Morgan fingerprint density at radius 2 is 1.20 bits per heavy atom. The van der Waals surface area contributed by atoms with Gasteiger partial charge in [-0.1, -0.05) is 51.0 Å². The quantitative estimate of drug-likeness (QED) is 0.156. The van der Waals surface area contributed by atoms with Crippen LogP contribution < -0.4 is 14.2 Å². The number of rotatable bonds is 12. The molecule has 0 amide bonds. The summed E-state index contributed by atoms with van der Waals surface area (Å²) in [6, 6.07) is 0. The Balaban J connectivity index is 2.59. The van der Waals surface area contributed by atoms with Gasteiger partial charge in [-0.2, -0.15) is 0 Å². The molecule has 0 radical (unpaired) electrons. The number of carbonyl (C=O) groups is 2.